The largest absolute Gasteiger partial charge is 0.379 e. The second kappa shape index (κ2) is 15.1. The van der Waals surface area contributed by atoms with Gasteiger partial charge in [0.2, 0.25) is 17.6 Å². The summed E-state index contributed by atoms with van der Waals surface area (Å²) >= 11 is 0. The predicted molar refractivity (Wildman–Crippen MR) is 188 cm³/mol. The van der Waals surface area contributed by atoms with Crippen LogP contribution >= 0.6 is 0 Å². The van der Waals surface area contributed by atoms with Crippen molar-refractivity contribution in [2.24, 2.45) is 17.3 Å². The highest BCUT2D eigenvalue weighted by molar-refractivity contribution is 7.92. The highest BCUT2D eigenvalue weighted by Crippen LogP contribution is 2.65. The molecular formula is C36H59N5O8S. The molecule has 3 aliphatic carbocycles. The summed E-state index contributed by atoms with van der Waals surface area (Å²) in [7, 11) is -3.57. The molecule has 0 aromatic heterocycles. The van der Waals surface area contributed by atoms with Crippen LogP contribution < -0.4 is 21.3 Å². The number of sulfone groups is 1. The fourth-order valence-electron chi connectivity index (χ4n) is 8.19. The molecule has 50 heavy (non-hydrogen) atoms. The summed E-state index contributed by atoms with van der Waals surface area (Å²) in [5.74, 6) is -2.58. The number of ketones is 1. The van der Waals surface area contributed by atoms with Crippen molar-refractivity contribution >= 4 is 39.4 Å². The van der Waals surface area contributed by atoms with Gasteiger partial charge in [-0.05, 0) is 76.5 Å². The molecule has 0 spiro atoms. The van der Waals surface area contributed by atoms with Gasteiger partial charge < -0.3 is 30.9 Å². The Balaban J connectivity index is 1.36. The molecule has 0 bridgehead atoms. The number of Topliss-reactive ketones (excluding diaryl/α,β-unsaturated/α-hetero) is 1. The van der Waals surface area contributed by atoms with E-state index in [1.807, 2.05) is 0 Å². The second-order valence-electron chi connectivity index (χ2n) is 17.1. The van der Waals surface area contributed by atoms with Crippen LogP contribution in [0.15, 0.2) is 0 Å². The summed E-state index contributed by atoms with van der Waals surface area (Å²) in [6.45, 7) is 9.67. The number of hydrogen-bond acceptors (Lipinski definition) is 8. The lowest BCUT2D eigenvalue weighted by molar-refractivity contribution is -0.144. The Morgan fingerprint density at radius 1 is 0.920 bits per heavy atom. The number of carbonyl (C=O) groups excluding carboxylic acids is 5. The normalized spacial score (nSPS) is 30.7. The Hall–Kier alpha value is -2.74. The van der Waals surface area contributed by atoms with E-state index in [4.69, 9.17) is 4.74 Å². The molecule has 0 aromatic rings. The lowest BCUT2D eigenvalue weighted by atomic mass is 9.83. The molecule has 282 valence electrons. The fourth-order valence-corrected chi connectivity index (χ4v) is 9.71. The van der Waals surface area contributed by atoms with E-state index in [1.54, 1.807) is 20.8 Å². The van der Waals surface area contributed by atoms with Gasteiger partial charge in [-0.3, -0.25) is 19.2 Å². The van der Waals surface area contributed by atoms with Crippen LogP contribution in [0.25, 0.3) is 0 Å². The highest BCUT2D eigenvalue weighted by Gasteiger charge is 2.69. The van der Waals surface area contributed by atoms with Gasteiger partial charge in [0.25, 0.3) is 5.91 Å². The Labute approximate surface area is 297 Å². The van der Waals surface area contributed by atoms with Gasteiger partial charge in [0.05, 0.1) is 28.7 Å². The number of piperidine rings is 1. The van der Waals surface area contributed by atoms with Gasteiger partial charge in [-0.15, -0.1) is 0 Å². The maximum absolute atomic E-state index is 14.4. The molecule has 0 radical (unpaired) electrons. The van der Waals surface area contributed by atoms with Gasteiger partial charge in [0.15, 0.2) is 9.84 Å². The van der Waals surface area contributed by atoms with Crippen molar-refractivity contribution in [1.82, 2.24) is 26.2 Å². The minimum Gasteiger partial charge on any atom is -0.379 e. The molecule has 13 nitrogen and oxygen atoms in total. The van der Waals surface area contributed by atoms with E-state index in [0.29, 0.717) is 38.8 Å². The van der Waals surface area contributed by atoms with Crippen LogP contribution in [0, 0.1) is 17.3 Å². The lowest BCUT2D eigenvalue weighted by Gasteiger charge is -2.40. The molecule has 0 unspecified atom stereocenters. The van der Waals surface area contributed by atoms with E-state index in [-0.39, 0.29) is 35.7 Å². The summed E-state index contributed by atoms with van der Waals surface area (Å²) in [6, 6.07) is -3.65. The maximum atomic E-state index is 14.4. The van der Waals surface area contributed by atoms with Gasteiger partial charge in [-0.1, -0.05) is 58.8 Å². The number of fused-ring (bicyclic) bond motifs is 3. The first kappa shape index (κ1) is 38.5. The van der Waals surface area contributed by atoms with E-state index in [2.05, 4.69) is 35.1 Å². The quantitative estimate of drug-likeness (QED) is 0.290. The zero-order valence-corrected chi connectivity index (χ0v) is 31.4. The monoisotopic (exact) mass is 721 g/mol. The summed E-state index contributed by atoms with van der Waals surface area (Å²) < 4.78 is 31.6. The summed E-state index contributed by atoms with van der Waals surface area (Å²) in [5, 5.41) is 11.4. The standard InChI is InChI=1S/C36H59N5O8S/c1-34(2,3)50(47,48)22-36(17-11-9-12-18-36)40-33(46)39-26-21-49-19-13-8-6-7-10-14-25(29(42)31(44)37-23-15-16-23)38-30(43)28-27-24(35(27,4)5)20-41(28)32(26)45/h23-28H,6-22H2,1-5H3,(H,37,44)(H,38,43)(H2,39,40,46)/t24-,25+,26+,27-,28-/m0/s1. The summed E-state index contributed by atoms with van der Waals surface area (Å²) in [6.07, 6.45) is 9.49. The molecule has 4 N–H and O–H groups in total. The molecule has 5 rings (SSSR count). The third-order valence-electron chi connectivity index (χ3n) is 11.8. The third kappa shape index (κ3) is 8.82. The van der Waals surface area contributed by atoms with Crippen molar-refractivity contribution < 1.29 is 37.1 Å². The number of nitrogens with one attached hydrogen (secondary N) is 4. The van der Waals surface area contributed by atoms with Crippen LogP contribution in [0.3, 0.4) is 0 Å². The third-order valence-corrected chi connectivity index (χ3v) is 14.6. The lowest BCUT2D eigenvalue weighted by Crippen LogP contribution is -2.62. The van der Waals surface area contributed by atoms with Crippen molar-refractivity contribution in [3.05, 3.63) is 0 Å². The number of ether oxygens (including phenoxy) is 1. The molecule has 0 aromatic carbocycles. The molecule has 3 saturated carbocycles. The molecular weight excluding hydrogens is 662 g/mol. The number of rotatable bonds is 7. The summed E-state index contributed by atoms with van der Waals surface area (Å²) in [5.41, 5.74) is -1.17. The van der Waals surface area contributed by atoms with Crippen molar-refractivity contribution in [2.45, 2.75) is 153 Å². The Bertz CT molecular complexity index is 1420. The predicted octanol–water partition coefficient (Wildman–Crippen LogP) is 2.76. The zero-order chi connectivity index (χ0) is 36.5. The van der Waals surface area contributed by atoms with Crippen molar-refractivity contribution in [1.29, 1.82) is 0 Å². The van der Waals surface area contributed by atoms with Crippen molar-refractivity contribution in [3.63, 3.8) is 0 Å². The zero-order valence-electron chi connectivity index (χ0n) is 30.6. The molecule has 5 aliphatic rings. The number of urea groups is 1. The average molecular weight is 722 g/mol. The SMILES string of the molecule is CC1(C)[C@@H]2[C@H]3C(=O)N[C@@H](C(=O)C(=O)NC4CC4)CCCCCCCOC[C@@H](NC(=O)NC4(CS(=O)(=O)C(C)(C)C)CCCCC4)C(=O)N3C[C@@H]21. The van der Waals surface area contributed by atoms with Crippen LogP contribution in [0.2, 0.25) is 0 Å². The second-order valence-corrected chi connectivity index (χ2v) is 19.8. The van der Waals surface area contributed by atoms with E-state index in [0.717, 1.165) is 57.8 Å². The maximum Gasteiger partial charge on any atom is 0.315 e. The van der Waals surface area contributed by atoms with E-state index < -0.39 is 67.8 Å². The van der Waals surface area contributed by atoms with Gasteiger partial charge >= 0.3 is 6.03 Å². The van der Waals surface area contributed by atoms with Crippen LogP contribution in [-0.4, -0.2) is 103 Å². The first-order valence-corrected chi connectivity index (χ1v) is 20.5. The van der Waals surface area contributed by atoms with Crippen LogP contribution in [0.4, 0.5) is 4.79 Å². The van der Waals surface area contributed by atoms with Crippen LogP contribution in [0.5, 0.6) is 0 Å². The van der Waals surface area contributed by atoms with Crippen LogP contribution in [-0.2, 0) is 33.8 Å². The van der Waals surface area contributed by atoms with Crippen molar-refractivity contribution in [2.75, 3.05) is 25.5 Å². The topological polar surface area (TPSA) is 180 Å². The number of carbonyl (C=O) groups is 5. The Morgan fingerprint density at radius 2 is 1.56 bits per heavy atom. The fraction of sp³-hybridized carbons (Fsp3) is 0.861. The molecule has 5 fully saturated rings. The molecule has 2 aliphatic heterocycles. The number of hydrogen-bond donors (Lipinski definition) is 4. The average Bonchev–Trinajstić information content (AvgIpc) is 3.88. The van der Waals surface area contributed by atoms with E-state index >= 15 is 0 Å². The van der Waals surface area contributed by atoms with E-state index in [9.17, 15) is 32.4 Å². The first-order valence-electron chi connectivity index (χ1n) is 18.8. The Kier molecular flexibility index (Phi) is 11.6. The minimum absolute atomic E-state index is 0.00375. The van der Waals surface area contributed by atoms with E-state index in [1.165, 1.54) is 4.90 Å². The number of nitrogens with zero attached hydrogens (tertiary/aromatic N) is 1. The minimum atomic E-state index is -3.57. The summed E-state index contributed by atoms with van der Waals surface area (Å²) in [4.78, 5) is 69.8. The molecule has 5 atom stereocenters. The molecule has 2 heterocycles. The Morgan fingerprint density at radius 3 is 2.22 bits per heavy atom. The van der Waals surface area contributed by atoms with Gasteiger partial charge in [0, 0.05) is 19.2 Å². The molecule has 5 amide bonds. The number of amides is 5. The van der Waals surface area contributed by atoms with Gasteiger partial charge in [0.1, 0.15) is 12.1 Å². The van der Waals surface area contributed by atoms with Crippen molar-refractivity contribution in [3.8, 4) is 0 Å². The smallest absolute Gasteiger partial charge is 0.315 e. The van der Waals surface area contributed by atoms with Crippen LogP contribution in [0.1, 0.15) is 118 Å². The molecule has 14 heteroatoms. The highest BCUT2D eigenvalue weighted by atomic mass is 32.2. The van der Waals surface area contributed by atoms with Gasteiger partial charge in [-0.25, -0.2) is 13.2 Å². The molecule has 2 saturated heterocycles. The van der Waals surface area contributed by atoms with Gasteiger partial charge in [-0.2, -0.15) is 0 Å². The first-order chi connectivity index (χ1) is 23.5.